The van der Waals surface area contributed by atoms with E-state index in [9.17, 15) is 16.8 Å². The van der Waals surface area contributed by atoms with Gasteiger partial charge in [-0.05, 0) is 50.2 Å². The highest BCUT2D eigenvalue weighted by atomic mass is 32.2. The molecule has 0 bridgehead atoms. The zero-order valence-electron chi connectivity index (χ0n) is 17.8. The van der Waals surface area contributed by atoms with Crippen molar-refractivity contribution in [1.82, 2.24) is 10.2 Å². The largest absolute Gasteiger partial charge is 0.494 e. The summed E-state index contributed by atoms with van der Waals surface area (Å²) >= 11 is 0. The van der Waals surface area contributed by atoms with Gasteiger partial charge in [-0.25, -0.2) is 16.8 Å². The molecule has 0 aliphatic carbocycles. The Morgan fingerprint density at radius 2 is 1.62 bits per heavy atom. The summed E-state index contributed by atoms with van der Waals surface area (Å²) in [5, 5.41) is 7.52. The van der Waals surface area contributed by atoms with Crippen LogP contribution in [0.1, 0.15) is 13.8 Å². The molecule has 0 saturated heterocycles. The van der Waals surface area contributed by atoms with Crippen LogP contribution in [0.2, 0.25) is 0 Å². The minimum atomic E-state index is -3.97. The minimum Gasteiger partial charge on any atom is -0.494 e. The fraction of sp³-hybridized carbons (Fsp3) is 0.238. The van der Waals surface area contributed by atoms with Gasteiger partial charge in [0, 0.05) is 23.6 Å². The van der Waals surface area contributed by atoms with Gasteiger partial charge in [0.25, 0.3) is 10.0 Å². The highest BCUT2D eigenvalue weighted by molar-refractivity contribution is 7.92. The molecule has 0 amide bonds. The maximum atomic E-state index is 13.0. The topological polar surface area (TPSA) is 125 Å². The minimum absolute atomic E-state index is 0.0227. The number of sulfonamides is 1. The number of nitrogens with one attached hydrogen (secondary N) is 1. The average Bonchev–Trinajstić information content (AvgIpc) is 2.74. The lowest BCUT2D eigenvalue weighted by atomic mass is 10.1. The number of nitrogens with zero attached hydrogens (tertiary/aromatic N) is 2. The summed E-state index contributed by atoms with van der Waals surface area (Å²) in [6.07, 6.45) is 1.05. The van der Waals surface area contributed by atoms with Gasteiger partial charge in [-0.1, -0.05) is 12.1 Å². The second kappa shape index (κ2) is 9.53. The van der Waals surface area contributed by atoms with Gasteiger partial charge in [0.2, 0.25) is 0 Å². The molecule has 1 aromatic heterocycles. The Kier molecular flexibility index (Phi) is 6.99. The van der Waals surface area contributed by atoms with Gasteiger partial charge in [-0.3, -0.25) is 4.72 Å². The number of benzene rings is 2. The molecule has 1 heterocycles. The van der Waals surface area contributed by atoms with Gasteiger partial charge < -0.3 is 9.47 Å². The number of aromatic nitrogens is 2. The molecule has 0 fully saturated rings. The molecule has 2 aromatic carbocycles. The Morgan fingerprint density at radius 3 is 2.25 bits per heavy atom. The van der Waals surface area contributed by atoms with E-state index < -0.39 is 19.9 Å². The molecule has 0 aliphatic heterocycles. The molecule has 0 radical (unpaired) electrons. The van der Waals surface area contributed by atoms with Crippen molar-refractivity contribution in [1.29, 1.82) is 0 Å². The molecule has 0 unspecified atom stereocenters. The number of rotatable bonds is 9. The van der Waals surface area contributed by atoms with Crippen LogP contribution in [-0.2, 0) is 19.9 Å². The van der Waals surface area contributed by atoms with Crippen LogP contribution in [-0.4, -0.2) is 46.5 Å². The van der Waals surface area contributed by atoms with Crippen molar-refractivity contribution in [3.05, 3.63) is 54.6 Å². The van der Waals surface area contributed by atoms with E-state index in [0.29, 0.717) is 29.3 Å². The van der Waals surface area contributed by atoms with E-state index in [1.807, 2.05) is 6.92 Å². The van der Waals surface area contributed by atoms with E-state index in [2.05, 4.69) is 14.9 Å². The fourth-order valence-electron chi connectivity index (χ4n) is 2.86. The quantitative estimate of drug-likeness (QED) is 0.498. The van der Waals surface area contributed by atoms with Gasteiger partial charge in [0.15, 0.2) is 14.9 Å². The predicted octanol–water partition coefficient (Wildman–Crippen LogP) is 3.15. The van der Waals surface area contributed by atoms with Crippen molar-refractivity contribution in [3.8, 4) is 22.8 Å². The number of hydrogen-bond donors (Lipinski definition) is 1. The summed E-state index contributed by atoms with van der Waals surface area (Å²) in [5.41, 5.74) is 1.26. The van der Waals surface area contributed by atoms with Crippen molar-refractivity contribution in [2.75, 3.05) is 24.2 Å². The molecular weight excluding hydrogens is 454 g/mol. The van der Waals surface area contributed by atoms with Crippen LogP contribution < -0.4 is 14.2 Å². The third-order valence-electron chi connectivity index (χ3n) is 4.25. The molecule has 9 nitrogen and oxygen atoms in total. The SMILES string of the molecule is CCOc1ccc(S(=O)(=O)Nc2cccc(-c3ccc(S(C)(=O)=O)nn3)c2)c(OCC)c1. The Bertz CT molecular complexity index is 1310. The first-order chi connectivity index (χ1) is 15.1. The Hall–Kier alpha value is -3.18. The van der Waals surface area contributed by atoms with E-state index in [1.165, 1.54) is 24.3 Å². The van der Waals surface area contributed by atoms with Crippen LogP contribution in [0.3, 0.4) is 0 Å². The first-order valence-electron chi connectivity index (χ1n) is 9.70. The predicted molar refractivity (Wildman–Crippen MR) is 120 cm³/mol. The van der Waals surface area contributed by atoms with Gasteiger partial charge in [0.1, 0.15) is 16.4 Å². The molecule has 3 rings (SSSR count). The van der Waals surface area contributed by atoms with Crippen LogP contribution in [0.5, 0.6) is 11.5 Å². The maximum absolute atomic E-state index is 13.0. The Morgan fingerprint density at radius 1 is 0.875 bits per heavy atom. The van der Waals surface area contributed by atoms with E-state index in [4.69, 9.17) is 9.47 Å². The maximum Gasteiger partial charge on any atom is 0.265 e. The lowest BCUT2D eigenvalue weighted by molar-refractivity contribution is 0.317. The molecule has 32 heavy (non-hydrogen) atoms. The highest BCUT2D eigenvalue weighted by Crippen LogP contribution is 2.31. The van der Waals surface area contributed by atoms with Crippen LogP contribution in [0, 0.1) is 0 Å². The molecule has 11 heteroatoms. The van der Waals surface area contributed by atoms with E-state index in [1.54, 1.807) is 37.3 Å². The zero-order valence-corrected chi connectivity index (χ0v) is 19.4. The normalized spacial score (nSPS) is 11.7. The van der Waals surface area contributed by atoms with Crippen molar-refractivity contribution in [3.63, 3.8) is 0 Å². The molecular formula is C21H23N3O6S2. The first kappa shape index (κ1) is 23.5. The molecule has 1 N–H and O–H groups in total. The average molecular weight is 478 g/mol. The Labute approximate surface area is 187 Å². The smallest absolute Gasteiger partial charge is 0.265 e. The summed E-state index contributed by atoms with van der Waals surface area (Å²) in [4.78, 5) is -0.0227. The van der Waals surface area contributed by atoms with Crippen molar-refractivity contribution in [2.45, 2.75) is 23.8 Å². The lowest BCUT2D eigenvalue weighted by Crippen LogP contribution is -2.14. The number of sulfone groups is 1. The standard InChI is InChI=1S/C21H23N3O6S2/c1-4-29-17-9-11-20(19(14-17)30-5-2)32(27,28)24-16-8-6-7-15(13-16)18-10-12-21(23-22-18)31(3,25)26/h6-14,24H,4-5H2,1-3H3. The van der Waals surface area contributed by atoms with Gasteiger partial charge in [-0.2, -0.15) is 0 Å². The molecule has 0 aliphatic rings. The molecule has 3 aromatic rings. The summed E-state index contributed by atoms with van der Waals surface area (Å²) in [7, 11) is -7.44. The third kappa shape index (κ3) is 5.54. The Balaban J connectivity index is 1.91. The number of anilines is 1. The van der Waals surface area contributed by atoms with Crippen molar-refractivity contribution in [2.24, 2.45) is 0 Å². The first-order valence-corrected chi connectivity index (χ1v) is 13.1. The monoisotopic (exact) mass is 477 g/mol. The zero-order chi connectivity index (χ0) is 23.4. The summed E-state index contributed by atoms with van der Waals surface area (Å²) in [5.74, 6) is 0.692. The van der Waals surface area contributed by atoms with Gasteiger partial charge in [-0.15, -0.1) is 10.2 Å². The molecule has 0 spiro atoms. The summed E-state index contributed by atoms with van der Waals surface area (Å²) in [6, 6.07) is 13.9. The highest BCUT2D eigenvalue weighted by Gasteiger charge is 2.21. The van der Waals surface area contributed by atoms with Crippen LogP contribution >= 0.6 is 0 Å². The fourth-order valence-corrected chi connectivity index (χ4v) is 4.54. The summed E-state index contributed by atoms with van der Waals surface area (Å²) in [6.45, 7) is 4.32. The van der Waals surface area contributed by atoms with Gasteiger partial charge in [0.05, 0.1) is 18.9 Å². The number of hydrogen-bond acceptors (Lipinski definition) is 8. The number of ether oxygens (including phenoxy) is 2. The van der Waals surface area contributed by atoms with Gasteiger partial charge >= 0.3 is 0 Å². The van der Waals surface area contributed by atoms with Crippen molar-refractivity contribution >= 4 is 25.5 Å². The molecule has 0 saturated carbocycles. The van der Waals surface area contributed by atoms with Crippen molar-refractivity contribution < 1.29 is 26.3 Å². The summed E-state index contributed by atoms with van der Waals surface area (Å²) < 4.78 is 62.7. The molecule has 170 valence electrons. The van der Waals surface area contributed by atoms with E-state index in [0.717, 1.165) is 6.26 Å². The van der Waals surface area contributed by atoms with E-state index in [-0.39, 0.29) is 22.3 Å². The van der Waals surface area contributed by atoms with Crippen LogP contribution in [0.15, 0.2) is 64.5 Å². The van der Waals surface area contributed by atoms with E-state index >= 15 is 0 Å². The molecule has 0 atom stereocenters. The third-order valence-corrected chi connectivity index (χ3v) is 6.64. The second-order valence-corrected chi connectivity index (χ2v) is 10.3. The van der Waals surface area contributed by atoms with Crippen LogP contribution in [0.25, 0.3) is 11.3 Å². The lowest BCUT2D eigenvalue weighted by Gasteiger charge is -2.14. The van der Waals surface area contributed by atoms with Crippen LogP contribution in [0.4, 0.5) is 5.69 Å². The second-order valence-electron chi connectivity index (χ2n) is 6.69.